The minimum Gasteiger partial charge on any atom is -0.478 e. The molecular weight excluding hydrogens is 490 g/mol. The molecule has 0 saturated carbocycles. The first kappa shape index (κ1) is 22.9. The van der Waals surface area contributed by atoms with Crippen LogP contribution in [-0.2, 0) is 19.1 Å². The van der Waals surface area contributed by atoms with Gasteiger partial charge in [0.05, 0.1) is 16.6 Å². The predicted octanol–water partition coefficient (Wildman–Crippen LogP) is 4.75. The van der Waals surface area contributed by atoms with Crippen molar-refractivity contribution >= 4 is 28.9 Å². The fourth-order valence-corrected chi connectivity index (χ4v) is 3.72. The van der Waals surface area contributed by atoms with Crippen molar-refractivity contribution in [1.29, 1.82) is 0 Å². The number of nitrogens with zero attached hydrogens (tertiary/aromatic N) is 5. The SMILES string of the molecule is Cn1nc(C(F)(F)C(F)(F)F)c(C(F)(F)F)c1-n1cc(-c2cc(C(=O)O)c(Cl)s2)nn1. The second-order valence-corrected chi connectivity index (χ2v) is 7.55. The van der Waals surface area contributed by atoms with Gasteiger partial charge in [-0.15, -0.1) is 16.4 Å². The molecule has 0 fully saturated rings. The lowest BCUT2D eigenvalue weighted by molar-refractivity contribution is -0.292. The molecule has 7 nitrogen and oxygen atoms in total. The van der Waals surface area contributed by atoms with Gasteiger partial charge in [0.15, 0.2) is 11.5 Å². The average molecular weight is 496 g/mol. The number of halogens is 9. The third-order valence-electron chi connectivity index (χ3n) is 3.83. The van der Waals surface area contributed by atoms with E-state index in [1.165, 1.54) is 0 Å². The lowest BCUT2D eigenvalue weighted by atomic mass is 10.1. The molecule has 168 valence electrons. The van der Waals surface area contributed by atoms with Crippen LogP contribution in [0.15, 0.2) is 12.3 Å². The van der Waals surface area contributed by atoms with E-state index in [-0.39, 0.29) is 25.2 Å². The Kier molecular flexibility index (Phi) is 5.29. The molecule has 17 heteroatoms. The van der Waals surface area contributed by atoms with E-state index in [9.17, 15) is 39.9 Å². The maximum Gasteiger partial charge on any atom is 0.459 e. The van der Waals surface area contributed by atoms with Gasteiger partial charge < -0.3 is 5.11 Å². The molecule has 0 aliphatic heterocycles. The normalized spacial score (nSPS) is 13.1. The van der Waals surface area contributed by atoms with Crippen LogP contribution in [0, 0.1) is 0 Å². The maximum atomic E-state index is 13.7. The van der Waals surface area contributed by atoms with Crippen molar-refractivity contribution in [1.82, 2.24) is 24.8 Å². The van der Waals surface area contributed by atoms with Gasteiger partial charge in [-0.2, -0.15) is 40.2 Å². The number of aromatic carboxylic acids is 1. The zero-order valence-corrected chi connectivity index (χ0v) is 16.1. The Morgan fingerprint density at radius 2 is 1.77 bits per heavy atom. The van der Waals surface area contributed by atoms with Crippen molar-refractivity contribution in [2.75, 3.05) is 0 Å². The summed E-state index contributed by atoms with van der Waals surface area (Å²) < 4.78 is 106. The summed E-state index contributed by atoms with van der Waals surface area (Å²) in [5.74, 6) is -8.56. The van der Waals surface area contributed by atoms with Crippen LogP contribution in [-0.4, -0.2) is 42.0 Å². The van der Waals surface area contributed by atoms with Crippen molar-refractivity contribution in [3.05, 3.63) is 33.4 Å². The predicted molar refractivity (Wildman–Crippen MR) is 88.4 cm³/mol. The van der Waals surface area contributed by atoms with Crippen LogP contribution >= 0.6 is 22.9 Å². The Morgan fingerprint density at radius 1 is 1.16 bits per heavy atom. The molecule has 0 bridgehead atoms. The summed E-state index contributed by atoms with van der Waals surface area (Å²) in [6.45, 7) is 0. The summed E-state index contributed by atoms with van der Waals surface area (Å²) in [5, 5.41) is 18.6. The average Bonchev–Trinajstić information content (AvgIpc) is 3.29. The Hall–Kier alpha value is -2.75. The summed E-state index contributed by atoms with van der Waals surface area (Å²) in [6, 6.07) is 1.04. The lowest BCUT2D eigenvalue weighted by Gasteiger charge is -2.19. The number of hydrogen-bond donors (Lipinski definition) is 1. The number of alkyl halides is 8. The highest BCUT2D eigenvalue weighted by Crippen LogP contribution is 2.49. The molecule has 1 N–H and O–H groups in total. The standard InChI is InChI=1S/C14H6ClF8N5O2S/c1-27-10(7(13(18,19)20)8(25-27)12(16,17)14(21,22)23)28-3-5(24-26-28)6-2-4(11(29)30)9(15)31-6/h2-3H,1H3,(H,29,30). The van der Waals surface area contributed by atoms with Crippen molar-refractivity contribution in [2.45, 2.75) is 18.3 Å². The van der Waals surface area contributed by atoms with Gasteiger partial charge in [0, 0.05) is 7.05 Å². The first-order valence-electron chi connectivity index (χ1n) is 7.60. The van der Waals surface area contributed by atoms with Gasteiger partial charge in [-0.25, -0.2) is 14.2 Å². The first-order chi connectivity index (χ1) is 14.1. The van der Waals surface area contributed by atoms with Gasteiger partial charge in [0.2, 0.25) is 0 Å². The van der Waals surface area contributed by atoms with Gasteiger partial charge in [-0.1, -0.05) is 16.8 Å². The number of thiophene rings is 1. The first-order valence-corrected chi connectivity index (χ1v) is 8.80. The molecule has 0 aliphatic rings. The lowest BCUT2D eigenvalue weighted by Crippen LogP contribution is -2.36. The van der Waals surface area contributed by atoms with Crippen LogP contribution in [0.2, 0.25) is 4.34 Å². The summed E-state index contributed by atoms with van der Waals surface area (Å²) in [6.07, 6.45) is -11.2. The zero-order valence-electron chi connectivity index (χ0n) is 14.6. The van der Waals surface area contributed by atoms with Crippen LogP contribution < -0.4 is 0 Å². The molecule has 0 unspecified atom stereocenters. The largest absolute Gasteiger partial charge is 0.478 e. The number of carbonyl (C=O) groups is 1. The number of carboxylic acids is 1. The minimum absolute atomic E-state index is 0.0465. The van der Waals surface area contributed by atoms with E-state index in [1.807, 2.05) is 0 Å². The molecule has 0 aliphatic carbocycles. The Labute approximate surface area is 174 Å². The summed E-state index contributed by atoms with van der Waals surface area (Å²) in [5.41, 5.74) is -5.45. The van der Waals surface area contributed by atoms with E-state index in [2.05, 4.69) is 15.4 Å². The van der Waals surface area contributed by atoms with E-state index in [1.54, 1.807) is 0 Å². The molecule has 0 radical (unpaired) electrons. The molecule has 3 aromatic heterocycles. The van der Waals surface area contributed by atoms with Crippen LogP contribution in [0.4, 0.5) is 35.1 Å². The van der Waals surface area contributed by atoms with Crippen molar-refractivity contribution < 1.29 is 45.0 Å². The third kappa shape index (κ3) is 3.84. The van der Waals surface area contributed by atoms with Crippen molar-refractivity contribution in [3.63, 3.8) is 0 Å². The van der Waals surface area contributed by atoms with Crippen LogP contribution in [0.1, 0.15) is 21.6 Å². The summed E-state index contributed by atoms with van der Waals surface area (Å²) >= 11 is 6.44. The Bertz CT molecular complexity index is 1160. The highest BCUT2D eigenvalue weighted by Gasteiger charge is 2.64. The van der Waals surface area contributed by atoms with E-state index < -0.39 is 41.3 Å². The molecule has 0 aromatic carbocycles. The molecule has 0 saturated heterocycles. The van der Waals surface area contributed by atoms with E-state index >= 15 is 0 Å². The fourth-order valence-electron chi connectivity index (χ4n) is 2.51. The third-order valence-corrected chi connectivity index (χ3v) is 5.21. The molecule has 3 heterocycles. The second-order valence-electron chi connectivity index (χ2n) is 5.89. The maximum absolute atomic E-state index is 13.7. The molecule has 0 atom stereocenters. The monoisotopic (exact) mass is 495 g/mol. The molecule has 0 spiro atoms. The fraction of sp³-hybridized carbons (Fsp3) is 0.286. The van der Waals surface area contributed by atoms with Gasteiger partial charge >= 0.3 is 24.2 Å². The highest BCUT2D eigenvalue weighted by molar-refractivity contribution is 7.19. The molecular formula is C14H6ClF8N5O2S. The van der Waals surface area contributed by atoms with Gasteiger partial charge in [-0.3, -0.25) is 0 Å². The van der Waals surface area contributed by atoms with Crippen LogP contribution in [0.25, 0.3) is 16.4 Å². The Balaban J connectivity index is 2.19. The number of aryl methyl sites for hydroxylation is 1. The molecule has 3 aromatic rings. The van der Waals surface area contributed by atoms with Gasteiger partial charge in [0.1, 0.15) is 15.6 Å². The minimum atomic E-state index is -6.34. The highest BCUT2D eigenvalue weighted by atomic mass is 35.5. The van der Waals surface area contributed by atoms with Crippen LogP contribution in [0.5, 0.6) is 0 Å². The molecule has 3 rings (SSSR count). The molecule has 31 heavy (non-hydrogen) atoms. The number of hydrogen-bond acceptors (Lipinski definition) is 5. The summed E-state index contributed by atoms with van der Waals surface area (Å²) in [7, 11) is 0.715. The number of rotatable bonds is 4. The van der Waals surface area contributed by atoms with Gasteiger partial charge in [-0.05, 0) is 6.07 Å². The number of aromatic nitrogens is 5. The smallest absolute Gasteiger partial charge is 0.459 e. The second kappa shape index (κ2) is 7.15. The van der Waals surface area contributed by atoms with E-state index in [0.29, 0.717) is 23.1 Å². The molecule has 0 amide bonds. The van der Waals surface area contributed by atoms with Crippen molar-refractivity contribution in [3.8, 4) is 16.4 Å². The van der Waals surface area contributed by atoms with Crippen molar-refractivity contribution in [2.24, 2.45) is 7.05 Å². The zero-order chi connectivity index (χ0) is 23.5. The number of carboxylic acid groups (broad SMARTS) is 1. The quantitative estimate of drug-likeness (QED) is 0.528. The van der Waals surface area contributed by atoms with E-state index in [0.717, 1.165) is 12.3 Å². The van der Waals surface area contributed by atoms with Crippen LogP contribution in [0.3, 0.4) is 0 Å². The van der Waals surface area contributed by atoms with E-state index in [4.69, 9.17) is 16.7 Å². The summed E-state index contributed by atoms with van der Waals surface area (Å²) in [4.78, 5) is 11.1. The van der Waals surface area contributed by atoms with Gasteiger partial charge in [0.25, 0.3) is 0 Å². The topological polar surface area (TPSA) is 85.8 Å². The Morgan fingerprint density at radius 3 is 2.26 bits per heavy atom.